The van der Waals surface area contributed by atoms with Crippen LogP contribution in [-0.4, -0.2) is 73.0 Å². The summed E-state index contributed by atoms with van der Waals surface area (Å²) < 4.78 is 10.6. The Balaban J connectivity index is 2.17. The number of likely N-dealkylation sites (N-methyl/N-ethyl adjacent to an activating group) is 1. The molecule has 1 aliphatic heterocycles. The molecule has 1 aliphatic rings. The first kappa shape index (κ1) is 21.3. The Morgan fingerprint density at radius 1 is 1.20 bits per heavy atom. The zero-order valence-electron chi connectivity index (χ0n) is 17.5. The molecule has 158 valence electrons. The number of rotatable bonds is 7. The first-order valence-corrected chi connectivity index (χ1v) is 9.44. The van der Waals surface area contributed by atoms with Crippen molar-refractivity contribution in [3.8, 4) is 11.5 Å². The van der Waals surface area contributed by atoms with Gasteiger partial charge in [0.25, 0.3) is 11.7 Å². The Hall–Kier alpha value is -3.39. The lowest BCUT2D eigenvalue weighted by atomic mass is 9.96. The second-order valence-corrected chi connectivity index (χ2v) is 7.15. The first-order valence-electron chi connectivity index (χ1n) is 9.44. The monoisotopic (exact) mass is 411 g/mol. The number of hydrogen-bond acceptors (Lipinski definition) is 7. The predicted molar refractivity (Wildman–Crippen MR) is 111 cm³/mol. The number of likely N-dealkylation sites (tertiary alicyclic amines) is 1. The number of carbonyl (C=O) groups is 2. The van der Waals surface area contributed by atoms with Gasteiger partial charge in [-0.2, -0.15) is 0 Å². The van der Waals surface area contributed by atoms with E-state index in [9.17, 15) is 14.7 Å². The molecule has 1 aromatic carbocycles. The Morgan fingerprint density at radius 3 is 2.57 bits per heavy atom. The summed E-state index contributed by atoms with van der Waals surface area (Å²) in [4.78, 5) is 33.3. The molecule has 1 amide bonds. The van der Waals surface area contributed by atoms with Gasteiger partial charge in [0.1, 0.15) is 17.3 Å². The van der Waals surface area contributed by atoms with Crippen LogP contribution in [0.15, 0.2) is 48.3 Å². The molecular formula is C22H25N3O5. The summed E-state index contributed by atoms with van der Waals surface area (Å²) in [6, 6.07) is 7.63. The predicted octanol–water partition coefficient (Wildman–Crippen LogP) is 2.08. The number of ketones is 1. The van der Waals surface area contributed by atoms with E-state index in [1.165, 1.54) is 19.1 Å². The standard InChI is InChI=1S/C22H25N3O5/c1-24(2)10-11-25-19(14-6-5-9-23-13-14)18(21(27)22(25)28)20(26)16-8-7-15(29-3)12-17(16)30-4/h5-9,12-13,19,26H,10-11H2,1-4H3/b20-18+/t19-/m0/s1. The van der Waals surface area contributed by atoms with Gasteiger partial charge in [-0.1, -0.05) is 6.07 Å². The van der Waals surface area contributed by atoms with E-state index in [1.54, 1.807) is 42.7 Å². The number of aromatic nitrogens is 1. The fourth-order valence-corrected chi connectivity index (χ4v) is 3.44. The number of nitrogens with zero attached hydrogens (tertiary/aromatic N) is 3. The summed E-state index contributed by atoms with van der Waals surface area (Å²) in [6.07, 6.45) is 3.21. The molecule has 0 saturated carbocycles. The number of Topliss-reactive ketones (excluding diaryl/α,β-unsaturated/α-hetero) is 1. The quantitative estimate of drug-likeness (QED) is 0.424. The zero-order valence-corrected chi connectivity index (χ0v) is 17.5. The van der Waals surface area contributed by atoms with Crippen LogP contribution in [0, 0.1) is 0 Å². The van der Waals surface area contributed by atoms with Gasteiger partial charge in [-0.25, -0.2) is 0 Å². The van der Waals surface area contributed by atoms with Gasteiger partial charge in [0.15, 0.2) is 0 Å². The van der Waals surface area contributed by atoms with Crippen molar-refractivity contribution >= 4 is 17.4 Å². The van der Waals surface area contributed by atoms with Gasteiger partial charge in [-0.15, -0.1) is 0 Å². The van der Waals surface area contributed by atoms with Crippen LogP contribution >= 0.6 is 0 Å². The van der Waals surface area contributed by atoms with Gasteiger partial charge < -0.3 is 24.4 Å². The van der Waals surface area contributed by atoms with E-state index in [2.05, 4.69) is 4.98 Å². The van der Waals surface area contributed by atoms with Crippen LogP contribution in [-0.2, 0) is 9.59 Å². The number of ether oxygens (including phenoxy) is 2. The summed E-state index contributed by atoms with van der Waals surface area (Å²) >= 11 is 0. The molecule has 0 spiro atoms. The minimum atomic E-state index is -0.745. The molecule has 3 rings (SSSR count). The van der Waals surface area contributed by atoms with E-state index < -0.39 is 17.7 Å². The van der Waals surface area contributed by atoms with Crippen molar-refractivity contribution in [1.82, 2.24) is 14.8 Å². The molecule has 1 fully saturated rings. The molecule has 1 aromatic heterocycles. The number of carbonyl (C=O) groups excluding carboxylic acids is 2. The molecule has 0 radical (unpaired) electrons. The third-order valence-corrected chi connectivity index (χ3v) is 4.99. The third kappa shape index (κ3) is 3.99. The SMILES string of the molecule is COc1ccc(/C(O)=C2\C(=O)C(=O)N(CCN(C)C)[C@H]2c2cccnc2)c(OC)c1. The molecule has 1 N–H and O–H groups in total. The van der Waals surface area contributed by atoms with Crippen LogP contribution in [0.25, 0.3) is 5.76 Å². The Bertz CT molecular complexity index is 972. The molecule has 1 atom stereocenters. The van der Waals surface area contributed by atoms with E-state index in [-0.39, 0.29) is 11.3 Å². The highest BCUT2D eigenvalue weighted by atomic mass is 16.5. The van der Waals surface area contributed by atoms with E-state index in [0.29, 0.717) is 35.7 Å². The van der Waals surface area contributed by atoms with Crippen LogP contribution in [0.4, 0.5) is 0 Å². The van der Waals surface area contributed by atoms with Gasteiger partial charge in [0, 0.05) is 31.5 Å². The Morgan fingerprint density at radius 2 is 1.97 bits per heavy atom. The maximum absolute atomic E-state index is 13.0. The number of benzene rings is 1. The molecule has 2 heterocycles. The average Bonchev–Trinajstić information content (AvgIpc) is 3.02. The highest BCUT2D eigenvalue weighted by molar-refractivity contribution is 6.46. The molecule has 0 unspecified atom stereocenters. The topological polar surface area (TPSA) is 92.2 Å². The average molecular weight is 411 g/mol. The fraction of sp³-hybridized carbons (Fsp3) is 0.318. The highest BCUT2D eigenvalue weighted by Crippen LogP contribution is 2.41. The van der Waals surface area contributed by atoms with Gasteiger partial charge in [0.2, 0.25) is 0 Å². The largest absolute Gasteiger partial charge is 0.507 e. The van der Waals surface area contributed by atoms with E-state index in [0.717, 1.165) is 0 Å². The minimum Gasteiger partial charge on any atom is -0.507 e. The van der Waals surface area contributed by atoms with Crippen molar-refractivity contribution < 1.29 is 24.2 Å². The van der Waals surface area contributed by atoms with Crippen LogP contribution < -0.4 is 9.47 Å². The molecule has 8 heteroatoms. The van der Waals surface area contributed by atoms with Crippen molar-refractivity contribution in [2.75, 3.05) is 41.4 Å². The smallest absolute Gasteiger partial charge is 0.295 e. The fourth-order valence-electron chi connectivity index (χ4n) is 3.44. The highest BCUT2D eigenvalue weighted by Gasteiger charge is 2.46. The lowest BCUT2D eigenvalue weighted by molar-refractivity contribution is -0.140. The van der Waals surface area contributed by atoms with E-state index in [1.807, 2.05) is 19.0 Å². The molecule has 1 saturated heterocycles. The van der Waals surface area contributed by atoms with E-state index in [4.69, 9.17) is 9.47 Å². The summed E-state index contributed by atoms with van der Waals surface area (Å²) in [6.45, 7) is 0.892. The van der Waals surface area contributed by atoms with Crippen LogP contribution in [0.2, 0.25) is 0 Å². The maximum atomic E-state index is 13.0. The summed E-state index contributed by atoms with van der Waals surface area (Å²) in [5.74, 6) is -0.818. The van der Waals surface area contributed by atoms with Gasteiger partial charge >= 0.3 is 0 Å². The van der Waals surface area contributed by atoms with E-state index >= 15 is 0 Å². The number of pyridine rings is 1. The summed E-state index contributed by atoms with van der Waals surface area (Å²) in [5, 5.41) is 11.1. The number of aliphatic hydroxyl groups is 1. The second-order valence-electron chi connectivity index (χ2n) is 7.15. The van der Waals surface area contributed by atoms with Crippen molar-refractivity contribution in [3.63, 3.8) is 0 Å². The van der Waals surface area contributed by atoms with Gasteiger partial charge in [0.05, 0.1) is 31.4 Å². The van der Waals surface area contributed by atoms with Crippen LogP contribution in [0.5, 0.6) is 11.5 Å². The molecule has 8 nitrogen and oxygen atoms in total. The summed E-state index contributed by atoms with van der Waals surface area (Å²) in [5.41, 5.74) is 0.956. The molecule has 0 aliphatic carbocycles. The molecule has 0 bridgehead atoms. The Labute approximate surface area is 175 Å². The maximum Gasteiger partial charge on any atom is 0.295 e. The van der Waals surface area contributed by atoms with Crippen LogP contribution in [0.3, 0.4) is 0 Å². The Kier molecular flexibility index (Phi) is 6.37. The number of amides is 1. The van der Waals surface area contributed by atoms with Crippen LogP contribution in [0.1, 0.15) is 17.2 Å². The molecule has 2 aromatic rings. The van der Waals surface area contributed by atoms with Crippen molar-refractivity contribution in [3.05, 3.63) is 59.4 Å². The number of aliphatic hydroxyl groups excluding tert-OH is 1. The first-order chi connectivity index (χ1) is 14.4. The number of methoxy groups -OCH3 is 2. The third-order valence-electron chi connectivity index (χ3n) is 4.99. The van der Waals surface area contributed by atoms with Crippen molar-refractivity contribution in [2.45, 2.75) is 6.04 Å². The minimum absolute atomic E-state index is 0.00947. The lowest BCUT2D eigenvalue weighted by Crippen LogP contribution is -2.35. The van der Waals surface area contributed by atoms with Crippen molar-refractivity contribution in [2.24, 2.45) is 0 Å². The zero-order chi connectivity index (χ0) is 21.8. The molecular weight excluding hydrogens is 386 g/mol. The molecule has 30 heavy (non-hydrogen) atoms. The lowest BCUT2D eigenvalue weighted by Gasteiger charge is -2.26. The van der Waals surface area contributed by atoms with Crippen molar-refractivity contribution in [1.29, 1.82) is 0 Å². The van der Waals surface area contributed by atoms with Gasteiger partial charge in [-0.3, -0.25) is 14.6 Å². The van der Waals surface area contributed by atoms with Gasteiger partial charge in [-0.05, 0) is 37.9 Å². The number of hydrogen-bond donors (Lipinski definition) is 1. The second kappa shape index (κ2) is 8.96. The normalized spacial score (nSPS) is 18.2. The summed E-state index contributed by atoms with van der Waals surface area (Å²) in [7, 11) is 6.75.